The van der Waals surface area contributed by atoms with E-state index in [1.165, 1.54) is 15.3 Å². The fraction of sp³-hybridized carbons (Fsp3) is 0.250. The Labute approximate surface area is 151 Å². The fourth-order valence-electron chi connectivity index (χ4n) is 2.81. The van der Waals surface area contributed by atoms with E-state index in [4.69, 9.17) is 9.47 Å². The van der Waals surface area contributed by atoms with Gasteiger partial charge in [0.15, 0.2) is 11.5 Å². The zero-order valence-corrected chi connectivity index (χ0v) is 14.7. The van der Waals surface area contributed by atoms with Crippen LogP contribution in [0.3, 0.4) is 0 Å². The van der Waals surface area contributed by atoms with Gasteiger partial charge in [0.05, 0.1) is 10.6 Å². The third-order valence-corrected chi connectivity index (χ3v) is 5.18. The molecule has 0 bridgehead atoms. The molecule has 0 spiro atoms. The summed E-state index contributed by atoms with van der Waals surface area (Å²) in [6.07, 6.45) is 2.80. The maximum absolute atomic E-state index is 5.63. The summed E-state index contributed by atoms with van der Waals surface area (Å²) in [5, 5.41) is 3.51. The summed E-state index contributed by atoms with van der Waals surface area (Å²) in [7, 11) is 0. The molecule has 0 amide bonds. The van der Waals surface area contributed by atoms with Crippen LogP contribution in [0.5, 0.6) is 11.5 Å². The average molecular weight is 352 g/mol. The van der Waals surface area contributed by atoms with Crippen molar-refractivity contribution >= 4 is 11.3 Å². The predicted molar refractivity (Wildman–Crippen MR) is 100 cm³/mol. The predicted octanol–water partition coefficient (Wildman–Crippen LogP) is 3.91. The third kappa shape index (κ3) is 4.00. The van der Waals surface area contributed by atoms with Crippen LogP contribution in [0, 0.1) is 0 Å². The molecular weight excluding hydrogens is 332 g/mol. The molecule has 0 radical (unpaired) electrons. The lowest BCUT2D eigenvalue weighted by molar-refractivity contribution is 0.171. The molecule has 0 atom stereocenters. The van der Waals surface area contributed by atoms with E-state index in [-0.39, 0.29) is 0 Å². The van der Waals surface area contributed by atoms with E-state index >= 15 is 0 Å². The second kappa shape index (κ2) is 7.68. The minimum atomic E-state index is 0.631. The monoisotopic (exact) mass is 352 g/mol. The van der Waals surface area contributed by atoms with Gasteiger partial charge in [-0.05, 0) is 54.9 Å². The Kier molecular flexibility index (Phi) is 4.95. The van der Waals surface area contributed by atoms with Gasteiger partial charge in [0.2, 0.25) is 0 Å². The summed E-state index contributed by atoms with van der Waals surface area (Å²) in [6.45, 7) is 3.07. The summed E-state index contributed by atoms with van der Waals surface area (Å²) in [6, 6.07) is 16.5. The molecule has 0 unspecified atom stereocenters. The van der Waals surface area contributed by atoms with E-state index < -0.39 is 0 Å². The highest BCUT2D eigenvalue weighted by Gasteiger charge is 2.11. The molecule has 3 heterocycles. The Bertz CT molecular complexity index is 833. The largest absolute Gasteiger partial charge is 0.486 e. The SMILES string of the molecule is c1ccc(-c2ccc(CNCCc3ccc4c(c3)OCCO4)s2)nc1. The van der Waals surface area contributed by atoms with Crippen LogP contribution in [0.4, 0.5) is 0 Å². The molecule has 4 rings (SSSR count). The molecule has 5 heteroatoms. The highest BCUT2D eigenvalue weighted by molar-refractivity contribution is 7.15. The van der Waals surface area contributed by atoms with Gasteiger partial charge in [0.1, 0.15) is 13.2 Å². The number of thiophene rings is 1. The minimum Gasteiger partial charge on any atom is -0.486 e. The van der Waals surface area contributed by atoms with E-state index in [2.05, 4.69) is 34.6 Å². The van der Waals surface area contributed by atoms with Crippen molar-refractivity contribution in [1.82, 2.24) is 10.3 Å². The average Bonchev–Trinajstić information content (AvgIpc) is 3.15. The highest BCUT2D eigenvalue weighted by atomic mass is 32.1. The van der Waals surface area contributed by atoms with E-state index in [0.717, 1.165) is 36.7 Å². The Balaban J connectivity index is 1.28. The maximum Gasteiger partial charge on any atom is 0.161 e. The second-order valence-electron chi connectivity index (χ2n) is 5.89. The van der Waals surface area contributed by atoms with Crippen molar-refractivity contribution in [2.24, 2.45) is 0 Å². The second-order valence-corrected chi connectivity index (χ2v) is 7.05. The van der Waals surface area contributed by atoms with E-state index in [1.807, 2.05) is 30.5 Å². The van der Waals surface area contributed by atoms with Crippen molar-refractivity contribution < 1.29 is 9.47 Å². The number of benzene rings is 1. The molecular formula is C20H20N2O2S. The third-order valence-electron chi connectivity index (χ3n) is 4.08. The van der Waals surface area contributed by atoms with Crippen LogP contribution in [0.1, 0.15) is 10.4 Å². The van der Waals surface area contributed by atoms with Gasteiger partial charge in [-0.2, -0.15) is 0 Å². The molecule has 1 aromatic carbocycles. The van der Waals surface area contributed by atoms with Gasteiger partial charge in [0, 0.05) is 17.6 Å². The molecule has 4 nitrogen and oxygen atoms in total. The van der Waals surface area contributed by atoms with Crippen LogP contribution in [-0.2, 0) is 13.0 Å². The Morgan fingerprint density at radius 2 is 1.92 bits per heavy atom. The summed E-state index contributed by atoms with van der Waals surface area (Å²) >= 11 is 1.79. The van der Waals surface area contributed by atoms with Crippen LogP contribution < -0.4 is 14.8 Å². The summed E-state index contributed by atoms with van der Waals surface area (Å²) in [5.41, 5.74) is 2.30. The number of ether oxygens (including phenoxy) is 2. The van der Waals surface area contributed by atoms with Gasteiger partial charge in [-0.1, -0.05) is 12.1 Å². The fourth-order valence-corrected chi connectivity index (χ4v) is 3.76. The van der Waals surface area contributed by atoms with Crippen LogP contribution in [-0.4, -0.2) is 24.7 Å². The standard InChI is InChI=1S/C20H20N2O2S/c1-2-9-22-17(3-1)20-7-5-16(25-20)14-21-10-8-15-4-6-18-19(13-15)24-12-11-23-18/h1-7,9,13,21H,8,10-12,14H2. The van der Waals surface area contributed by atoms with Gasteiger partial charge in [-0.25, -0.2) is 0 Å². The van der Waals surface area contributed by atoms with Gasteiger partial charge in [-0.3, -0.25) is 4.98 Å². The highest BCUT2D eigenvalue weighted by Crippen LogP contribution is 2.31. The molecule has 0 fully saturated rings. The first-order valence-electron chi connectivity index (χ1n) is 8.48. The lowest BCUT2D eigenvalue weighted by Crippen LogP contribution is -2.17. The molecule has 0 saturated heterocycles. The van der Waals surface area contributed by atoms with Gasteiger partial charge < -0.3 is 14.8 Å². The number of rotatable bonds is 6. The quantitative estimate of drug-likeness (QED) is 0.683. The number of nitrogens with one attached hydrogen (secondary N) is 1. The molecule has 3 aromatic rings. The van der Waals surface area contributed by atoms with Crippen molar-refractivity contribution in [1.29, 1.82) is 0 Å². The van der Waals surface area contributed by atoms with E-state index in [9.17, 15) is 0 Å². The summed E-state index contributed by atoms with van der Waals surface area (Å²) in [5.74, 6) is 1.71. The first-order valence-corrected chi connectivity index (χ1v) is 9.29. The molecule has 25 heavy (non-hydrogen) atoms. The normalized spacial score (nSPS) is 13.0. The lowest BCUT2D eigenvalue weighted by atomic mass is 10.1. The molecule has 1 aliphatic heterocycles. The van der Waals surface area contributed by atoms with Crippen molar-refractivity contribution in [3.05, 3.63) is 65.2 Å². The van der Waals surface area contributed by atoms with Crippen molar-refractivity contribution in [2.45, 2.75) is 13.0 Å². The molecule has 1 aliphatic rings. The van der Waals surface area contributed by atoms with Crippen molar-refractivity contribution in [2.75, 3.05) is 19.8 Å². The molecule has 128 valence electrons. The lowest BCUT2D eigenvalue weighted by Gasteiger charge is -2.18. The topological polar surface area (TPSA) is 43.4 Å². The number of hydrogen-bond acceptors (Lipinski definition) is 5. The molecule has 0 aliphatic carbocycles. The van der Waals surface area contributed by atoms with Gasteiger partial charge >= 0.3 is 0 Å². The number of aromatic nitrogens is 1. The first kappa shape index (κ1) is 16.1. The van der Waals surface area contributed by atoms with Crippen LogP contribution >= 0.6 is 11.3 Å². The Morgan fingerprint density at radius 1 is 1.00 bits per heavy atom. The zero-order valence-electron chi connectivity index (χ0n) is 13.9. The van der Waals surface area contributed by atoms with Crippen LogP contribution in [0.2, 0.25) is 0 Å². The van der Waals surface area contributed by atoms with Crippen LogP contribution in [0.25, 0.3) is 10.6 Å². The smallest absolute Gasteiger partial charge is 0.161 e. The van der Waals surface area contributed by atoms with Gasteiger partial charge in [0.25, 0.3) is 0 Å². The minimum absolute atomic E-state index is 0.631. The number of nitrogens with zero attached hydrogens (tertiary/aromatic N) is 1. The first-order chi connectivity index (χ1) is 12.4. The number of hydrogen-bond donors (Lipinski definition) is 1. The van der Waals surface area contributed by atoms with Crippen LogP contribution in [0.15, 0.2) is 54.7 Å². The summed E-state index contributed by atoms with van der Waals surface area (Å²) < 4.78 is 11.2. The van der Waals surface area contributed by atoms with E-state index in [1.54, 1.807) is 11.3 Å². The van der Waals surface area contributed by atoms with Crippen molar-refractivity contribution in [3.8, 4) is 22.1 Å². The zero-order chi connectivity index (χ0) is 16.9. The molecule has 2 aromatic heterocycles. The molecule has 1 N–H and O–H groups in total. The van der Waals surface area contributed by atoms with E-state index in [0.29, 0.717) is 13.2 Å². The molecule has 0 saturated carbocycles. The number of fused-ring (bicyclic) bond motifs is 1. The summed E-state index contributed by atoms with van der Waals surface area (Å²) in [4.78, 5) is 6.94. The maximum atomic E-state index is 5.63. The van der Waals surface area contributed by atoms with Gasteiger partial charge in [-0.15, -0.1) is 11.3 Å². The Hall–Kier alpha value is -2.37. The number of pyridine rings is 1. The van der Waals surface area contributed by atoms with Crippen molar-refractivity contribution in [3.63, 3.8) is 0 Å². The Morgan fingerprint density at radius 3 is 2.80 bits per heavy atom.